The average Bonchev–Trinajstić information content (AvgIpc) is 2.80. The van der Waals surface area contributed by atoms with Gasteiger partial charge >= 0.3 is 0 Å². The fraction of sp³-hybridized carbons (Fsp3) is 0.360. The summed E-state index contributed by atoms with van der Waals surface area (Å²) in [6.45, 7) is 3.10. The van der Waals surface area contributed by atoms with Crippen LogP contribution in [0.15, 0.2) is 66.7 Å². The molecule has 0 spiro atoms. The van der Waals surface area contributed by atoms with Gasteiger partial charge in [-0.05, 0) is 60.0 Å². The van der Waals surface area contributed by atoms with Gasteiger partial charge in [-0.2, -0.15) is 0 Å². The first-order valence-electron chi connectivity index (χ1n) is 10.6. The third-order valence-corrected chi connectivity index (χ3v) is 6.02. The number of methoxy groups -OCH3 is 1. The Bertz CT molecular complexity index is 914. The van der Waals surface area contributed by atoms with Crippen molar-refractivity contribution in [3.8, 4) is 5.75 Å². The maximum atomic E-state index is 6.61. The van der Waals surface area contributed by atoms with E-state index in [0.717, 1.165) is 30.9 Å². The number of likely N-dealkylation sites (tertiary alicyclic amines) is 1. The Labute approximate surface area is 173 Å². The van der Waals surface area contributed by atoms with Gasteiger partial charge in [-0.1, -0.05) is 61.0 Å². The van der Waals surface area contributed by atoms with Gasteiger partial charge in [-0.25, -0.2) is 0 Å². The van der Waals surface area contributed by atoms with E-state index in [1.165, 1.54) is 35.6 Å². The summed E-state index contributed by atoms with van der Waals surface area (Å²) in [5.74, 6) is 0.895. The smallest absolute Gasteiger partial charge is 0.118 e. The molecule has 0 amide bonds. The fourth-order valence-corrected chi connectivity index (χ4v) is 4.38. The Morgan fingerprint density at radius 1 is 0.931 bits per heavy atom. The minimum atomic E-state index is -0.202. The lowest BCUT2D eigenvalue weighted by Gasteiger charge is -2.36. The van der Waals surface area contributed by atoms with Gasteiger partial charge in [-0.3, -0.25) is 10.2 Å². The summed E-state index contributed by atoms with van der Waals surface area (Å²) < 4.78 is 5.34. The highest BCUT2D eigenvalue weighted by molar-refractivity contribution is 5.86. The predicted octanol–water partition coefficient (Wildman–Crippen LogP) is 4.62. The summed E-state index contributed by atoms with van der Waals surface area (Å²) in [4.78, 5) is 2.59. The number of nitrogens with one attached hydrogen (secondary N) is 1. The molecule has 0 aliphatic carbocycles. The molecule has 1 heterocycles. The summed E-state index contributed by atoms with van der Waals surface area (Å²) >= 11 is 0. The van der Waals surface area contributed by atoms with Crippen molar-refractivity contribution >= 4 is 10.8 Å². The van der Waals surface area contributed by atoms with Crippen LogP contribution < -0.4 is 15.8 Å². The summed E-state index contributed by atoms with van der Waals surface area (Å²) in [6, 6.07) is 23.6. The monoisotopic (exact) mass is 389 g/mol. The van der Waals surface area contributed by atoms with E-state index in [2.05, 4.69) is 76.9 Å². The lowest BCUT2D eigenvalue weighted by molar-refractivity contribution is 0.157. The summed E-state index contributed by atoms with van der Waals surface area (Å²) in [6.07, 6.45) is 3.66. The normalized spacial score (nSPS) is 17.2. The van der Waals surface area contributed by atoms with Gasteiger partial charge in [0.1, 0.15) is 5.75 Å². The minimum absolute atomic E-state index is 0.202. The maximum Gasteiger partial charge on any atom is 0.118 e. The molecule has 0 bridgehead atoms. The molecule has 1 saturated heterocycles. The molecule has 152 valence electrons. The highest BCUT2D eigenvalue weighted by Gasteiger charge is 2.23. The molecule has 29 heavy (non-hydrogen) atoms. The van der Waals surface area contributed by atoms with Crippen molar-refractivity contribution in [2.45, 2.75) is 31.5 Å². The van der Waals surface area contributed by atoms with E-state index < -0.39 is 0 Å². The SMILES string of the molecule is COc1ccc(C(CNC(N)c2cccc3ccccc23)N2CCCCC2)cc1. The molecule has 1 aliphatic heterocycles. The fourth-order valence-electron chi connectivity index (χ4n) is 4.38. The van der Waals surface area contributed by atoms with E-state index >= 15 is 0 Å². The Morgan fingerprint density at radius 3 is 2.41 bits per heavy atom. The summed E-state index contributed by atoms with van der Waals surface area (Å²) in [7, 11) is 1.71. The van der Waals surface area contributed by atoms with Crippen LogP contribution >= 0.6 is 0 Å². The summed E-state index contributed by atoms with van der Waals surface area (Å²) in [5.41, 5.74) is 9.07. The third-order valence-electron chi connectivity index (χ3n) is 6.02. The predicted molar refractivity (Wildman–Crippen MR) is 120 cm³/mol. The van der Waals surface area contributed by atoms with Gasteiger partial charge in [0.15, 0.2) is 0 Å². The van der Waals surface area contributed by atoms with E-state index in [4.69, 9.17) is 10.5 Å². The second-order valence-corrected chi connectivity index (χ2v) is 7.84. The van der Waals surface area contributed by atoms with Crippen LogP contribution in [0.25, 0.3) is 10.8 Å². The maximum absolute atomic E-state index is 6.61. The number of piperidine rings is 1. The summed E-state index contributed by atoms with van der Waals surface area (Å²) in [5, 5.41) is 6.06. The molecular weight excluding hydrogens is 358 g/mol. The number of fused-ring (bicyclic) bond motifs is 1. The van der Waals surface area contributed by atoms with Crippen LogP contribution in [0.5, 0.6) is 5.75 Å². The number of hydrogen-bond donors (Lipinski definition) is 2. The zero-order chi connectivity index (χ0) is 20.1. The quantitative estimate of drug-likeness (QED) is 0.579. The molecule has 1 aliphatic rings. The number of ether oxygens (including phenoxy) is 1. The molecule has 0 aromatic heterocycles. The van der Waals surface area contributed by atoms with Crippen LogP contribution in [-0.2, 0) is 0 Å². The molecule has 2 atom stereocenters. The standard InChI is InChI=1S/C25H31N3O/c1-29-21-14-12-20(13-15-21)24(28-16-5-2-6-17-28)18-27-25(26)23-11-7-9-19-8-3-4-10-22(19)23/h3-4,7-15,24-25,27H,2,5-6,16-18,26H2,1H3. The second-order valence-electron chi connectivity index (χ2n) is 7.84. The van der Waals surface area contributed by atoms with Gasteiger partial charge in [0, 0.05) is 12.6 Å². The number of nitrogens with two attached hydrogens (primary N) is 1. The number of rotatable bonds is 7. The Morgan fingerprint density at radius 2 is 1.66 bits per heavy atom. The highest BCUT2D eigenvalue weighted by atomic mass is 16.5. The molecular formula is C25H31N3O. The van der Waals surface area contributed by atoms with Crippen LogP contribution in [0.2, 0.25) is 0 Å². The molecule has 1 fully saturated rings. The first-order chi connectivity index (χ1) is 14.3. The highest BCUT2D eigenvalue weighted by Crippen LogP contribution is 2.27. The molecule has 3 aromatic carbocycles. The zero-order valence-electron chi connectivity index (χ0n) is 17.2. The van der Waals surface area contributed by atoms with E-state index in [9.17, 15) is 0 Å². The average molecular weight is 390 g/mol. The van der Waals surface area contributed by atoms with Crippen molar-refractivity contribution in [1.29, 1.82) is 0 Å². The van der Waals surface area contributed by atoms with E-state index in [-0.39, 0.29) is 6.17 Å². The van der Waals surface area contributed by atoms with Gasteiger partial charge in [-0.15, -0.1) is 0 Å². The lowest BCUT2D eigenvalue weighted by Crippen LogP contribution is -2.41. The molecule has 4 heteroatoms. The number of nitrogens with zero attached hydrogens (tertiary/aromatic N) is 1. The second kappa shape index (κ2) is 9.40. The molecule has 4 rings (SSSR count). The van der Waals surface area contributed by atoms with Gasteiger partial charge in [0.25, 0.3) is 0 Å². The Balaban J connectivity index is 1.53. The van der Waals surface area contributed by atoms with Crippen molar-refractivity contribution in [3.05, 3.63) is 77.9 Å². The Kier molecular flexibility index (Phi) is 6.45. The van der Waals surface area contributed by atoms with Gasteiger partial charge in [0.2, 0.25) is 0 Å². The minimum Gasteiger partial charge on any atom is -0.497 e. The lowest BCUT2D eigenvalue weighted by atomic mass is 10.00. The zero-order valence-corrected chi connectivity index (χ0v) is 17.2. The van der Waals surface area contributed by atoms with E-state index in [1.54, 1.807) is 7.11 Å². The molecule has 2 unspecified atom stereocenters. The molecule has 3 N–H and O–H groups in total. The van der Waals surface area contributed by atoms with Gasteiger partial charge in [0.05, 0.1) is 13.3 Å². The van der Waals surface area contributed by atoms with E-state index in [1.807, 2.05) is 0 Å². The van der Waals surface area contributed by atoms with Crippen molar-refractivity contribution in [1.82, 2.24) is 10.2 Å². The van der Waals surface area contributed by atoms with Crippen LogP contribution in [-0.4, -0.2) is 31.6 Å². The molecule has 4 nitrogen and oxygen atoms in total. The Hall–Kier alpha value is -2.40. The van der Waals surface area contributed by atoms with Crippen LogP contribution in [0.3, 0.4) is 0 Å². The van der Waals surface area contributed by atoms with Crippen molar-refractivity contribution < 1.29 is 4.74 Å². The first-order valence-corrected chi connectivity index (χ1v) is 10.6. The number of benzene rings is 3. The first kappa shape index (κ1) is 19.9. The van der Waals surface area contributed by atoms with Crippen molar-refractivity contribution in [2.75, 3.05) is 26.7 Å². The van der Waals surface area contributed by atoms with Crippen LogP contribution in [0, 0.1) is 0 Å². The van der Waals surface area contributed by atoms with Crippen molar-refractivity contribution in [2.24, 2.45) is 5.73 Å². The van der Waals surface area contributed by atoms with Crippen LogP contribution in [0.4, 0.5) is 0 Å². The van der Waals surface area contributed by atoms with Crippen molar-refractivity contribution in [3.63, 3.8) is 0 Å². The molecule has 0 radical (unpaired) electrons. The number of hydrogen-bond acceptors (Lipinski definition) is 4. The molecule has 3 aromatic rings. The third kappa shape index (κ3) is 4.61. The van der Waals surface area contributed by atoms with Gasteiger partial charge < -0.3 is 10.5 Å². The molecule has 0 saturated carbocycles. The largest absolute Gasteiger partial charge is 0.497 e. The topological polar surface area (TPSA) is 50.5 Å². The van der Waals surface area contributed by atoms with E-state index in [0.29, 0.717) is 6.04 Å². The van der Waals surface area contributed by atoms with Crippen LogP contribution in [0.1, 0.15) is 42.6 Å².